The summed E-state index contributed by atoms with van der Waals surface area (Å²) in [5, 5.41) is 5.95. The van der Waals surface area contributed by atoms with E-state index in [1.807, 2.05) is 32.0 Å². The molecular weight excluding hydrogens is 262 g/mol. The third kappa shape index (κ3) is 3.69. The van der Waals surface area contributed by atoms with Gasteiger partial charge in [0.2, 0.25) is 0 Å². The number of hydrogen-bond donors (Lipinski definition) is 2. The van der Waals surface area contributed by atoms with E-state index in [4.69, 9.17) is 11.6 Å². The molecule has 2 aromatic rings. The van der Waals surface area contributed by atoms with Crippen LogP contribution in [0.2, 0.25) is 5.02 Å². The Morgan fingerprint density at radius 2 is 1.95 bits per heavy atom. The molecule has 0 bridgehead atoms. The van der Waals surface area contributed by atoms with E-state index >= 15 is 0 Å². The number of hydrogen-bond acceptors (Lipinski definition) is 2. The molecule has 0 unspecified atom stereocenters. The topological polar surface area (TPSA) is 54.0 Å². The summed E-state index contributed by atoms with van der Waals surface area (Å²) >= 11 is 5.72. The molecule has 0 aliphatic carbocycles. The Morgan fingerprint density at radius 3 is 2.58 bits per heavy atom. The number of carbonyl (C=O) groups is 1. The quantitative estimate of drug-likeness (QED) is 0.870. The summed E-state index contributed by atoms with van der Waals surface area (Å²) in [7, 11) is 0. The number of anilines is 2. The lowest BCUT2D eigenvalue weighted by Crippen LogP contribution is -2.20. The van der Waals surface area contributed by atoms with E-state index in [1.54, 1.807) is 12.1 Å². The Balaban J connectivity index is 2.03. The molecule has 1 aromatic heterocycles. The lowest BCUT2D eigenvalue weighted by molar-refractivity contribution is 0.262. The molecule has 2 amide bonds. The molecule has 98 valence electrons. The number of aryl methyl sites for hydroxylation is 2. The van der Waals surface area contributed by atoms with Crippen LogP contribution in [0.3, 0.4) is 0 Å². The van der Waals surface area contributed by atoms with Crippen LogP contribution in [0.1, 0.15) is 11.1 Å². The van der Waals surface area contributed by atoms with Gasteiger partial charge in [-0.1, -0.05) is 29.3 Å². The molecule has 19 heavy (non-hydrogen) atoms. The van der Waals surface area contributed by atoms with Gasteiger partial charge >= 0.3 is 6.03 Å². The summed E-state index contributed by atoms with van der Waals surface area (Å²) in [6.07, 6.45) is 1.48. The number of nitrogens with one attached hydrogen (secondary N) is 2. The molecule has 0 radical (unpaired) electrons. The first kappa shape index (κ1) is 13.4. The molecular formula is C14H14ClN3O. The minimum atomic E-state index is -0.332. The van der Waals surface area contributed by atoms with Crippen LogP contribution >= 0.6 is 11.6 Å². The molecule has 0 aliphatic heterocycles. The average molecular weight is 276 g/mol. The van der Waals surface area contributed by atoms with Crippen molar-refractivity contribution < 1.29 is 4.79 Å². The highest BCUT2D eigenvalue weighted by atomic mass is 35.5. The van der Waals surface area contributed by atoms with Crippen LogP contribution in [0.5, 0.6) is 0 Å². The van der Waals surface area contributed by atoms with Gasteiger partial charge in [-0.05, 0) is 37.6 Å². The van der Waals surface area contributed by atoms with E-state index in [0.29, 0.717) is 10.8 Å². The van der Waals surface area contributed by atoms with Crippen molar-refractivity contribution in [1.82, 2.24) is 4.98 Å². The third-order valence-corrected chi connectivity index (χ3v) is 2.82. The van der Waals surface area contributed by atoms with Gasteiger partial charge in [-0.3, -0.25) is 5.32 Å². The molecule has 2 N–H and O–H groups in total. The number of aromatic nitrogens is 1. The van der Waals surface area contributed by atoms with Crippen molar-refractivity contribution in [3.8, 4) is 0 Å². The smallest absolute Gasteiger partial charge is 0.307 e. The minimum Gasteiger partial charge on any atom is -0.307 e. The van der Waals surface area contributed by atoms with Gasteiger partial charge in [0.15, 0.2) is 0 Å². The summed E-state index contributed by atoms with van der Waals surface area (Å²) in [5.74, 6) is 0.451. The molecule has 0 saturated heterocycles. The van der Waals surface area contributed by atoms with Crippen molar-refractivity contribution >= 4 is 29.1 Å². The number of nitrogens with zero attached hydrogens (tertiary/aromatic N) is 1. The molecule has 0 fully saturated rings. The van der Waals surface area contributed by atoms with Gasteiger partial charge in [0.25, 0.3) is 0 Å². The van der Waals surface area contributed by atoms with E-state index in [-0.39, 0.29) is 6.03 Å². The van der Waals surface area contributed by atoms with Crippen LogP contribution < -0.4 is 10.6 Å². The van der Waals surface area contributed by atoms with Gasteiger partial charge in [-0.25, -0.2) is 9.78 Å². The predicted octanol–water partition coefficient (Wildman–Crippen LogP) is 4.00. The maximum absolute atomic E-state index is 11.8. The first-order chi connectivity index (χ1) is 9.04. The van der Waals surface area contributed by atoms with Gasteiger partial charge in [0.05, 0.1) is 5.02 Å². The highest BCUT2D eigenvalue weighted by Gasteiger charge is 2.05. The standard InChI is InChI=1S/C14H14ClN3O/c1-9-3-5-12(10(2)7-9)17-14(19)18-13-6-4-11(15)8-16-13/h3-8H,1-2H3,(H2,16,17,18,19). The number of urea groups is 1. The van der Waals surface area contributed by atoms with Crippen LogP contribution in [0.25, 0.3) is 0 Å². The molecule has 0 spiro atoms. The molecule has 1 aromatic carbocycles. The normalized spacial score (nSPS) is 10.1. The van der Waals surface area contributed by atoms with Crippen LogP contribution in [-0.2, 0) is 0 Å². The van der Waals surface area contributed by atoms with Crippen molar-refractivity contribution in [2.75, 3.05) is 10.6 Å². The van der Waals surface area contributed by atoms with Gasteiger partial charge in [-0.15, -0.1) is 0 Å². The lowest BCUT2D eigenvalue weighted by atomic mass is 10.1. The second kappa shape index (κ2) is 5.71. The number of amides is 2. The fraction of sp³-hybridized carbons (Fsp3) is 0.143. The van der Waals surface area contributed by atoms with E-state index in [0.717, 1.165) is 16.8 Å². The zero-order valence-electron chi connectivity index (χ0n) is 10.7. The zero-order chi connectivity index (χ0) is 13.8. The van der Waals surface area contributed by atoms with Crippen molar-refractivity contribution in [2.24, 2.45) is 0 Å². The number of rotatable bonds is 2. The second-order valence-electron chi connectivity index (χ2n) is 4.26. The number of carbonyl (C=O) groups excluding carboxylic acids is 1. The lowest BCUT2D eigenvalue weighted by Gasteiger charge is -2.10. The van der Waals surface area contributed by atoms with Crippen molar-refractivity contribution in [2.45, 2.75) is 13.8 Å². The Hall–Kier alpha value is -2.07. The summed E-state index contributed by atoms with van der Waals surface area (Å²) in [4.78, 5) is 15.8. The summed E-state index contributed by atoms with van der Waals surface area (Å²) in [6.45, 7) is 3.96. The fourth-order valence-corrected chi connectivity index (χ4v) is 1.79. The molecule has 4 nitrogen and oxygen atoms in total. The molecule has 0 saturated carbocycles. The number of pyridine rings is 1. The van der Waals surface area contributed by atoms with Gasteiger partial charge in [0.1, 0.15) is 5.82 Å². The molecule has 0 atom stereocenters. The summed E-state index contributed by atoms with van der Waals surface area (Å²) in [6, 6.07) is 8.81. The van der Waals surface area contributed by atoms with Gasteiger partial charge in [0, 0.05) is 11.9 Å². The molecule has 0 aliphatic rings. The molecule has 1 heterocycles. The van der Waals surface area contributed by atoms with Crippen LogP contribution in [-0.4, -0.2) is 11.0 Å². The maximum atomic E-state index is 11.8. The van der Waals surface area contributed by atoms with Crippen LogP contribution in [0.15, 0.2) is 36.5 Å². The predicted molar refractivity (Wildman–Crippen MR) is 77.8 cm³/mol. The number of benzene rings is 1. The summed E-state index contributed by atoms with van der Waals surface area (Å²) < 4.78 is 0. The van der Waals surface area contributed by atoms with E-state index < -0.39 is 0 Å². The highest BCUT2D eigenvalue weighted by Crippen LogP contribution is 2.16. The Labute approximate surface area is 116 Å². The van der Waals surface area contributed by atoms with Crippen LogP contribution in [0.4, 0.5) is 16.3 Å². The monoisotopic (exact) mass is 275 g/mol. The summed E-state index contributed by atoms with van der Waals surface area (Å²) in [5.41, 5.74) is 2.94. The van der Waals surface area contributed by atoms with Crippen LogP contribution in [0, 0.1) is 13.8 Å². The second-order valence-corrected chi connectivity index (χ2v) is 4.70. The minimum absolute atomic E-state index is 0.332. The van der Waals surface area contributed by atoms with E-state index in [2.05, 4.69) is 15.6 Å². The van der Waals surface area contributed by atoms with Crippen molar-refractivity contribution in [3.63, 3.8) is 0 Å². The average Bonchev–Trinajstić information content (AvgIpc) is 2.36. The van der Waals surface area contributed by atoms with Gasteiger partial charge in [-0.2, -0.15) is 0 Å². The maximum Gasteiger partial charge on any atom is 0.324 e. The van der Waals surface area contributed by atoms with Gasteiger partial charge < -0.3 is 5.32 Å². The Morgan fingerprint density at radius 1 is 1.16 bits per heavy atom. The first-order valence-corrected chi connectivity index (χ1v) is 6.19. The van der Waals surface area contributed by atoms with Crippen molar-refractivity contribution in [3.05, 3.63) is 52.7 Å². The zero-order valence-corrected chi connectivity index (χ0v) is 11.5. The first-order valence-electron chi connectivity index (χ1n) is 5.81. The Kier molecular flexibility index (Phi) is 4.02. The number of halogens is 1. The highest BCUT2D eigenvalue weighted by molar-refractivity contribution is 6.30. The Bertz CT molecular complexity index is 596. The fourth-order valence-electron chi connectivity index (χ4n) is 1.67. The largest absolute Gasteiger partial charge is 0.324 e. The van der Waals surface area contributed by atoms with E-state index in [9.17, 15) is 4.79 Å². The van der Waals surface area contributed by atoms with E-state index in [1.165, 1.54) is 6.20 Å². The molecule has 2 rings (SSSR count). The third-order valence-electron chi connectivity index (χ3n) is 2.60. The molecule has 5 heteroatoms. The van der Waals surface area contributed by atoms with Crippen molar-refractivity contribution in [1.29, 1.82) is 0 Å². The SMILES string of the molecule is Cc1ccc(NC(=O)Nc2ccc(Cl)cn2)c(C)c1.